The van der Waals surface area contributed by atoms with E-state index in [9.17, 15) is 18.0 Å². The third-order valence-corrected chi connectivity index (χ3v) is 4.13. The van der Waals surface area contributed by atoms with Crippen LogP contribution in [-0.2, 0) is 13.0 Å². The molecule has 2 aromatic rings. The number of alkyl halides is 3. The van der Waals surface area contributed by atoms with Crippen molar-refractivity contribution in [1.29, 1.82) is 0 Å². The van der Waals surface area contributed by atoms with E-state index in [0.29, 0.717) is 31.0 Å². The first-order valence-electron chi connectivity index (χ1n) is 9.35. The van der Waals surface area contributed by atoms with Gasteiger partial charge in [0, 0.05) is 32.7 Å². The molecule has 2 rings (SSSR count). The fourth-order valence-electron chi connectivity index (χ4n) is 2.61. The second-order valence-electron chi connectivity index (χ2n) is 6.43. The van der Waals surface area contributed by atoms with Gasteiger partial charge in [-0.25, -0.2) is 0 Å². The zero-order valence-corrected chi connectivity index (χ0v) is 16.8. The highest BCUT2D eigenvalue weighted by atomic mass is 19.4. The molecule has 0 saturated carbocycles. The average Bonchev–Trinajstić information content (AvgIpc) is 2.74. The number of hydrogen-bond acceptors (Lipinski definition) is 3. The van der Waals surface area contributed by atoms with Crippen LogP contribution in [0.15, 0.2) is 53.5 Å². The zero-order chi connectivity index (χ0) is 22.0. The normalized spacial score (nSPS) is 11.7. The van der Waals surface area contributed by atoms with E-state index in [2.05, 4.69) is 20.9 Å². The third-order valence-electron chi connectivity index (χ3n) is 4.13. The van der Waals surface area contributed by atoms with E-state index in [0.717, 1.165) is 11.1 Å². The molecule has 0 bridgehead atoms. The SMILES string of the molecule is CN=C(NCCc1cccc(C(=O)NC)c1)NCc1ccc(OCC(F)(F)F)cc1. The van der Waals surface area contributed by atoms with Gasteiger partial charge in [-0.1, -0.05) is 24.3 Å². The number of carbonyl (C=O) groups excluding carboxylic acids is 1. The number of hydrogen-bond donors (Lipinski definition) is 3. The van der Waals surface area contributed by atoms with Crippen molar-refractivity contribution < 1.29 is 22.7 Å². The number of benzene rings is 2. The largest absolute Gasteiger partial charge is 0.484 e. The maximum absolute atomic E-state index is 12.2. The number of rotatable bonds is 8. The van der Waals surface area contributed by atoms with E-state index in [1.54, 1.807) is 32.3 Å². The number of halogens is 3. The molecule has 0 aliphatic carbocycles. The second kappa shape index (κ2) is 11.1. The van der Waals surface area contributed by atoms with Crippen molar-refractivity contribution in [2.75, 3.05) is 27.2 Å². The Morgan fingerprint density at radius 1 is 1.07 bits per heavy atom. The number of nitrogens with one attached hydrogen (secondary N) is 3. The monoisotopic (exact) mass is 422 g/mol. The highest BCUT2D eigenvalue weighted by Gasteiger charge is 2.28. The van der Waals surface area contributed by atoms with Gasteiger partial charge in [-0.15, -0.1) is 0 Å². The van der Waals surface area contributed by atoms with Crippen LogP contribution in [-0.4, -0.2) is 45.3 Å². The number of aliphatic imine (C=N–C) groups is 1. The molecule has 9 heteroatoms. The number of amides is 1. The Labute approximate surface area is 173 Å². The van der Waals surface area contributed by atoms with Crippen molar-refractivity contribution >= 4 is 11.9 Å². The third kappa shape index (κ3) is 8.02. The summed E-state index contributed by atoms with van der Waals surface area (Å²) in [4.78, 5) is 15.8. The van der Waals surface area contributed by atoms with Crippen LogP contribution in [0, 0.1) is 0 Å². The lowest BCUT2D eigenvalue weighted by atomic mass is 10.1. The minimum atomic E-state index is -4.36. The highest BCUT2D eigenvalue weighted by molar-refractivity contribution is 5.94. The molecule has 2 aromatic carbocycles. The van der Waals surface area contributed by atoms with Gasteiger partial charge in [0.05, 0.1) is 0 Å². The smallest absolute Gasteiger partial charge is 0.422 e. The summed E-state index contributed by atoms with van der Waals surface area (Å²) >= 11 is 0. The zero-order valence-electron chi connectivity index (χ0n) is 16.8. The van der Waals surface area contributed by atoms with Gasteiger partial charge in [0.15, 0.2) is 12.6 Å². The molecule has 0 aliphatic heterocycles. The summed E-state index contributed by atoms with van der Waals surface area (Å²) in [6, 6.07) is 13.8. The Morgan fingerprint density at radius 3 is 2.43 bits per heavy atom. The topological polar surface area (TPSA) is 74.8 Å². The highest BCUT2D eigenvalue weighted by Crippen LogP contribution is 2.18. The van der Waals surface area contributed by atoms with Crippen molar-refractivity contribution in [3.63, 3.8) is 0 Å². The maximum atomic E-state index is 12.2. The molecule has 0 spiro atoms. The fourth-order valence-corrected chi connectivity index (χ4v) is 2.61. The van der Waals surface area contributed by atoms with Gasteiger partial charge < -0.3 is 20.7 Å². The van der Waals surface area contributed by atoms with E-state index in [1.807, 2.05) is 18.2 Å². The van der Waals surface area contributed by atoms with Crippen molar-refractivity contribution in [1.82, 2.24) is 16.0 Å². The second-order valence-corrected chi connectivity index (χ2v) is 6.43. The molecule has 3 N–H and O–H groups in total. The lowest BCUT2D eigenvalue weighted by Gasteiger charge is -2.13. The van der Waals surface area contributed by atoms with Gasteiger partial charge in [-0.05, 0) is 41.8 Å². The Balaban J connectivity index is 1.78. The average molecular weight is 422 g/mol. The van der Waals surface area contributed by atoms with Gasteiger partial charge in [-0.3, -0.25) is 9.79 Å². The molecule has 0 aliphatic rings. The lowest BCUT2D eigenvalue weighted by molar-refractivity contribution is -0.153. The molecule has 30 heavy (non-hydrogen) atoms. The summed E-state index contributed by atoms with van der Waals surface area (Å²) in [7, 11) is 3.24. The van der Waals surface area contributed by atoms with Crippen LogP contribution in [0.25, 0.3) is 0 Å². The fraction of sp³-hybridized carbons (Fsp3) is 0.333. The molecule has 0 aromatic heterocycles. The standard InChI is InChI=1S/C21H25F3N4O2/c1-25-19(29)17-5-3-4-15(12-17)10-11-27-20(26-2)28-13-16-6-8-18(9-7-16)30-14-21(22,23)24/h3-9,12H,10-11,13-14H2,1-2H3,(H,25,29)(H2,26,27,28). The molecule has 6 nitrogen and oxygen atoms in total. The molecule has 0 radical (unpaired) electrons. The van der Waals surface area contributed by atoms with E-state index in [4.69, 9.17) is 4.74 Å². The van der Waals surface area contributed by atoms with E-state index in [-0.39, 0.29) is 11.7 Å². The summed E-state index contributed by atoms with van der Waals surface area (Å²) in [5, 5.41) is 8.93. The number of guanidine groups is 1. The van der Waals surface area contributed by atoms with Gasteiger partial charge in [0.25, 0.3) is 5.91 Å². The van der Waals surface area contributed by atoms with Gasteiger partial charge in [0.1, 0.15) is 5.75 Å². The van der Waals surface area contributed by atoms with Gasteiger partial charge >= 0.3 is 6.18 Å². The molecule has 0 fully saturated rings. The summed E-state index contributed by atoms with van der Waals surface area (Å²) < 4.78 is 41.2. The number of ether oxygens (including phenoxy) is 1. The molecule has 1 amide bonds. The number of nitrogens with zero attached hydrogens (tertiary/aromatic N) is 1. The summed E-state index contributed by atoms with van der Waals surface area (Å²) in [6.45, 7) is -0.250. The van der Waals surface area contributed by atoms with Crippen molar-refractivity contribution in [3.8, 4) is 5.75 Å². The van der Waals surface area contributed by atoms with Crippen LogP contribution in [0.4, 0.5) is 13.2 Å². The van der Waals surface area contributed by atoms with E-state index < -0.39 is 12.8 Å². The van der Waals surface area contributed by atoms with Gasteiger partial charge in [-0.2, -0.15) is 13.2 Å². The molecule has 162 valence electrons. The minimum Gasteiger partial charge on any atom is -0.484 e. The van der Waals surface area contributed by atoms with Crippen LogP contribution >= 0.6 is 0 Å². The molecule has 0 atom stereocenters. The van der Waals surface area contributed by atoms with Crippen LogP contribution in [0.3, 0.4) is 0 Å². The van der Waals surface area contributed by atoms with E-state index in [1.165, 1.54) is 12.1 Å². The maximum Gasteiger partial charge on any atom is 0.422 e. The quantitative estimate of drug-likeness (QED) is 0.452. The minimum absolute atomic E-state index is 0.128. The first kappa shape index (κ1) is 23.1. The first-order valence-corrected chi connectivity index (χ1v) is 9.35. The van der Waals surface area contributed by atoms with Crippen molar-refractivity contribution in [3.05, 3.63) is 65.2 Å². The Kier molecular flexibility index (Phi) is 8.52. The predicted octanol–water partition coefficient (Wildman–Crippen LogP) is 2.90. The molecule has 0 unspecified atom stereocenters. The molecular formula is C21H25F3N4O2. The van der Waals surface area contributed by atoms with Crippen LogP contribution in [0.5, 0.6) is 5.75 Å². The van der Waals surface area contributed by atoms with Crippen LogP contribution in [0.2, 0.25) is 0 Å². The van der Waals surface area contributed by atoms with Crippen molar-refractivity contribution in [2.24, 2.45) is 4.99 Å². The lowest BCUT2D eigenvalue weighted by Crippen LogP contribution is -2.37. The summed E-state index contributed by atoms with van der Waals surface area (Å²) in [6.07, 6.45) is -3.65. The summed E-state index contributed by atoms with van der Waals surface area (Å²) in [5.41, 5.74) is 2.50. The van der Waals surface area contributed by atoms with E-state index >= 15 is 0 Å². The van der Waals surface area contributed by atoms with Crippen LogP contribution < -0.4 is 20.7 Å². The predicted molar refractivity (Wildman–Crippen MR) is 110 cm³/mol. The van der Waals surface area contributed by atoms with Crippen LogP contribution in [0.1, 0.15) is 21.5 Å². The Bertz CT molecular complexity index is 852. The molecule has 0 heterocycles. The Hall–Kier alpha value is -3.23. The van der Waals surface area contributed by atoms with Crippen molar-refractivity contribution in [2.45, 2.75) is 19.1 Å². The summed E-state index contributed by atoms with van der Waals surface area (Å²) in [5.74, 6) is 0.629. The first-order chi connectivity index (χ1) is 14.3. The molecular weight excluding hydrogens is 397 g/mol. The molecule has 0 saturated heterocycles. The Morgan fingerprint density at radius 2 is 1.80 bits per heavy atom. The number of carbonyl (C=O) groups is 1. The van der Waals surface area contributed by atoms with Gasteiger partial charge in [0.2, 0.25) is 0 Å².